The van der Waals surface area contributed by atoms with E-state index in [9.17, 15) is 0 Å². The Bertz CT molecular complexity index is 514. The van der Waals surface area contributed by atoms with Crippen LogP contribution in [-0.2, 0) is 16.5 Å². The van der Waals surface area contributed by atoms with Crippen molar-refractivity contribution < 1.29 is 41.3 Å². The first-order valence-corrected chi connectivity index (χ1v) is 4.53. The molecule has 0 atom stereocenters. The van der Waals surface area contributed by atoms with Gasteiger partial charge in [0.15, 0.2) is 0 Å². The molecule has 0 aliphatic carbocycles. The van der Waals surface area contributed by atoms with Crippen LogP contribution in [0.5, 0.6) is 0 Å². The zero-order valence-electron chi connectivity index (χ0n) is 8.59. The van der Waals surface area contributed by atoms with Crippen molar-refractivity contribution in [1.29, 1.82) is 0 Å². The summed E-state index contributed by atoms with van der Waals surface area (Å²) in [5, 5.41) is 11.0. The molecule has 17 heavy (non-hydrogen) atoms. The molecule has 0 radical (unpaired) electrons. The molecule has 0 fully saturated rings. The molecule has 0 spiro atoms. The van der Waals surface area contributed by atoms with E-state index in [1.807, 2.05) is 12.2 Å². The summed E-state index contributed by atoms with van der Waals surface area (Å²) in [7, 11) is 0. The molecule has 3 rings (SSSR count). The van der Waals surface area contributed by atoms with Gasteiger partial charge in [0.2, 0.25) is 0 Å². The molecular formula is C12H8Cl2N2Ni-4. The molecule has 2 heterocycles. The van der Waals surface area contributed by atoms with E-state index in [0.29, 0.717) is 0 Å². The molecule has 1 aromatic carbocycles. The van der Waals surface area contributed by atoms with Crippen LogP contribution >= 0.6 is 0 Å². The fourth-order valence-corrected chi connectivity index (χ4v) is 1.68. The summed E-state index contributed by atoms with van der Waals surface area (Å²) in [6.45, 7) is 0. The van der Waals surface area contributed by atoms with Crippen molar-refractivity contribution in [3.63, 3.8) is 0 Å². The van der Waals surface area contributed by atoms with E-state index < -0.39 is 0 Å². The second-order valence-electron chi connectivity index (χ2n) is 3.22. The molecule has 2 aliphatic rings. The van der Waals surface area contributed by atoms with Crippen molar-refractivity contribution in [3.8, 4) is 0 Å². The number of fused-ring (bicyclic) bond motifs is 3. The van der Waals surface area contributed by atoms with Gasteiger partial charge in [-0.05, 0) is 10.4 Å². The number of nitrogens with zero attached hydrogens (tertiary/aromatic N) is 2. The molecule has 2 aliphatic heterocycles. The molecule has 0 amide bonds. The predicted octanol–water partition coefficient (Wildman–Crippen LogP) is -3.68. The minimum absolute atomic E-state index is 0. The van der Waals surface area contributed by atoms with Crippen LogP contribution in [0.3, 0.4) is 0 Å². The van der Waals surface area contributed by atoms with Gasteiger partial charge in [0, 0.05) is 16.5 Å². The zero-order valence-corrected chi connectivity index (χ0v) is 11.1. The van der Waals surface area contributed by atoms with Crippen molar-refractivity contribution in [2.75, 3.05) is 0 Å². The summed E-state index contributed by atoms with van der Waals surface area (Å²) in [5.74, 6) is 0. The maximum atomic E-state index is 4.35. The standard InChI is InChI=1S/C12H8N2.2ClH.Ni/c1-3-9-5-6-10-4-2-8-14-12(10)11(9)13-7-1;;;/h1-8H;2*1H;/q-2;;;/p-2. The van der Waals surface area contributed by atoms with Crippen LogP contribution in [0.1, 0.15) is 0 Å². The number of rotatable bonds is 0. The summed E-state index contributed by atoms with van der Waals surface area (Å²) in [5.41, 5.74) is 1.95. The fraction of sp³-hybridized carbons (Fsp3) is 0. The number of allylic oxidation sites excluding steroid dienone is 2. The van der Waals surface area contributed by atoms with Gasteiger partial charge in [-0.3, -0.25) is 0 Å². The fourth-order valence-electron chi connectivity index (χ4n) is 1.68. The minimum Gasteiger partial charge on any atom is -1.00 e. The monoisotopic (exact) mass is 308 g/mol. The number of benzene rings is 1. The first kappa shape index (κ1) is 16.1. The van der Waals surface area contributed by atoms with Crippen LogP contribution in [-0.4, -0.2) is 0 Å². The number of hydrogen-bond acceptors (Lipinski definition) is 0. The summed E-state index contributed by atoms with van der Waals surface area (Å²) < 4.78 is 0. The molecule has 0 aromatic heterocycles. The van der Waals surface area contributed by atoms with E-state index in [1.54, 1.807) is 12.4 Å². The van der Waals surface area contributed by atoms with E-state index in [0.717, 1.165) is 21.8 Å². The van der Waals surface area contributed by atoms with Crippen LogP contribution in [0.25, 0.3) is 22.8 Å². The van der Waals surface area contributed by atoms with E-state index >= 15 is 0 Å². The van der Waals surface area contributed by atoms with Crippen LogP contribution < -0.4 is 35.3 Å². The largest absolute Gasteiger partial charge is 1.00 e. The topological polar surface area (TPSA) is 28.2 Å². The van der Waals surface area contributed by atoms with Gasteiger partial charge in [-0.2, -0.15) is 12.4 Å². The third-order valence-electron chi connectivity index (χ3n) is 2.34. The van der Waals surface area contributed by atoms with Gasteiger partial charge >= 0.3 is 0 Å². The third kappa shape index (κ3) is 2.87. The minimum atomic E-state index is 0. The Kier molecular flexibility index (Phi) is 6.40. The molecular weight excluding hydrogens is 302 g/mol. The van der Waals surface area contributed by atoms with E-state index in [2.05, 4.69) is 34.9 Å². The van der Waals surface area contributed by atoms with E-state index in [4.69, 9.17) is 0 Å². The molecule has 94 valence electrons. The molecule has 0 N–H and O–H groups in total. The van der Waals surface area contributed by atoms with Gasteiger partial charge in [0.25, 0.3) is 0 Å². The molecule has 0 unspecified atom stereocenters. The maximum Gasteiger partial charge on any atom is 0 e. The molecule has 0 saturated carbocycles. The average Bonchev–Trinajstić information content (AvgIpc) is 2.29. The zero-order chi connectivity index (χ0) is 9.38. The van der Waals surface area contributed by atoms with Gasteiger partial charge in [0.05, 0.1) is 0 Å². The number of hydrogen-bond donors (Lipinski definition) is 0. The molecule has 0 saturated heterocycles. The van der Waals surface area contributed by atoms with Gasteiger partial charge in [-0.1, -0.05) is 36.4 Å². The van der Waals surface area contributed by atoms with Gasteiger partial charge in [0.1, 0.15) is 0 Å². The smallest absolute Gasteiger partial charge is 0 e. The Hall–Kier alpha value is -0.886. The van der Waals surface area contributed by atoms with Crippen LogP contribution in [0, 0.1) is 0 Å². The van der Waals surface area contributed by atoms with Crippen molar-refractivity contribution in [3.05, 3.63) is 57.8 Å². The van der Waals surface area contributed by atoms with Crippen molar-refractivity contribution in [2.45, 2.75) is 0 Å². The summed E-state index contributed by atoms with van der Waals surface area (Å²) in [6, 6.07) is 4.15. The molecule has 5 heteroatoms. The van der Waals surface area contributed by atoms with Gasteiger partial charge in [-0.15, -0.1) is 11.4 Å². The first-order valence-electron chi connectivity index (χ1n) is 4.53. The van der Waals surface area contributed by atoms with Gasteiger partial charge in [-0.25, -0.2) is 0 Å². The Morgan fingerprint density at radius 3 is 1.53 bits per heavy atom. The molecule has 0 bridgehead atoms. The summed E-state index contributed by atoms with van der Waals surface area (Å²) in [4.78, 5) is 0. The third-order valence-corrected chi connectivity index (χ3v) is 2.34. The second kappa shape index (κ2) is 6.75. The number of halogens is 2. The second-order valence-corrected chi connectivity index (χ2v) is 3.22. The normalized spacial score (nSPS) is 12.7. The van der Waals surface area contributed by atoms with Crippen molar-refractivity contribution in [1.82, 2.24) is 0 Å². The quantitative estimate of drug-likeness (QED) is 0.442. The van der Waals surface area contributed by atoms with E-state index in [-0.39, 0.29) is 41.3 Å². The van der Waals surface area contributed by atoms with Crippen molar-refractivity contribution >= 4 is 23.5 Å². The SMILES string of the molecule is C1=C[N-]c2c3c(ccc2=C1)=CC=C[N-]3.[Cl-].[Cl-].[Ni]. The maximum absolute atomic E-state index is 4.35. The predicted molar refractivity (Wildman–Crippen MR) is 58.9 cm³/mol. The van der Waals surface area contributed by atoms with Gasteiger partial charge < -0.3 is 35.4 Å². The molecule has 1 aromatic rings. The Morgan fingerprint density at radius 2 is 1.12 bits per heavy atom. The Balaban J connectivity index is 0.000000853. The first-order chi connectivity index (χ1) is 6.95. The van der Waals surface area contributed by atoms with E-state index in [1.165, 1.54) is 0 Å². The molecule has 2 nitrogen and oxygen atoms in total. The van der Waals surface area contributed by atoms with Crippen LogP contribution in [0.15, 0.2) is 36.7 Å². The summed E-state index contributed by atoms with van der Waals surface area (Å²) >= 11 is 0. The van der Waals surface area contributed by atoms with Crippen molar-refractivity contribution in [2.24, 2.45) is 0 Å². The summed E-state index contributed by atoms with van der Waals surface area (Å²) in [6.07, 6.45) is 11.6. The Morgan fingerprint density at radius 1 is 0.706 bits per heavy atom. The van der Waals surface area contributed by atoms with Crippen LogP contribution in [0.4, 0.5) is 11.4 Å². The Labute approximate surface area is 122 Å². The average molecular weight is 310 g/mol. The van der Waals surface area contributed by atoms with Crippen LogP contribution in [0.2, 0.25) is 0 Å².